The Morgan fingerprint density at radius 3 is 2.86 bits per heavy atom. The number of halogens is 1. The van der Waals surface area contributed by atoms with E-state index in [9.17, 15) is 4.79 Å². The van der Waals surface area contributed by atoms with Crippen molar-refractivity contribution in [1.82, 2.24) is 20.7 Å². The Labute approximate surface area is 134 Å². The quantitative estimate of drug-likeness (QED) is 0.890. The predicted molar refractivity (Wildman–Crippen MR) is 84.3 cm³/mol. The van der Waals surface area contributed by atoms with Crippen molar-refractivity contribution in [2.45, 2.75) is 38.6 Å². The summed E-state index contributed by atoms with van der Waals surface area (Å²) in [5.41, 5.74) is 1.53. The van der Waals surface area contributed by atoms with Crippen LogP contribution in [0.4, 0.5) is 0 Å². The average molecular weight is 319 g/mol. The first-order valence-electron chi connectivity index (χ1n) is 7.55. The summed E-state index contributed by atoms with van der Waals surface area (Å²) in [4.78, 5) is 12.7. The predicted octanol–water partition coefficient (Wildman–Crippen LogP) is 2.88. The molecule has 1 fully saturated rings. The largest absolute Gasteiger partial charge is 0.350 e. The zero-order valence-electron chi connectivity index (χ0n) is 12.3. The summed E-state index contributed by atoms with van der Waals surface area (Å²) >= 11 is 6.06. The van der Waals surface area contributed by atoms with Gasteiger partial charge in [0.05, 0.1) is 18.2 Å². The highest BCUT2D eigenvalue weighted by molar-refractivity contribution is 6.30. The molecule has 2 N–H and O–H groups in total. The maximum absolute atomic E-state index is 12.7. The Kier molecular flexibility index (Phi) is 4.43. The maximum atomic E-state index is 12.7. The number of nitrogens with zero attached hydrogens (tertiary/aromatic N) is 2. The second kappa shape index (κ2) is 6.48. The first kappa shape index (κ1) is 15.0. The Bertz CT molecular complexity index is 635. The molecule has 1 heterocycles. The normalized spacial score (nSPS) is 16.6. The molecule has 1 aromatic carbocycles. The van der Waals surface area contributed by atoms with Crippen LogP contribution in [-0.2, 0) is 17.8 Å². The van der Waals surface area contributed by atoms with E-state index in [-0.39, 0.29) is 11.3 Å². The summed E-state index contributed by atoms with van der Waals surface area (Å²) in [5.74, 6) is 0.105. The summed E-state index contributed by atoms with van der Waals surface area (Å²) in [6.45, 7) is 0.409. The number of rotatable bonds is 5. The van der Waals surface area contributed by atoms with Crippen LogP contribution < -0.4 is 5.32 Å². The summed E-state index contributed by atoms with van der Waals surface area (Å²) < 4.78 is 0. The Morgan fingerprint density at radius 2 is 2.18 bits per heavy atom. The highest BCUT2D eigenvalue weighted by Gasteiger charge is 2.40. The summed E-state index contributed by atoms with van der Waals surface area (Å²) in [6.07, 6.45) is 6.39. The average Bonchev–Trinajstić information content (AvgIpc) is 3.17. The molecule has 0 spiro atoms. The van der Waals surface area contributed by atoms with E-state index in [0.29, 0.717) is 11.6 Å². The standard InChI is InChI=1S/C16H19ClN4O/c17-13-5-3-4-12(8-13)9-16(6-1-2-7-16)15(22)18-10-14-11-19-21-20-14/h3-5,8,11H,1-2,6-7,9-10H2,(H,18,22)(H,19,20,21). The molecule has 6 heteroatoms. The summed E-state index contributed by atoms with van der Waals surface area (Å²) in [6, 6.07) is 7.79. The number of hydrogen-bond donors (Lipinski definition) is 2. The second-order valence-corrected chi connectivity index (χ2v) is 6.37. The van der Waals surface area contributed by atoms with E-state index < -0.39 is 0 Å². The molecule has 0 aliphatic heterocycles. The van der Waals surface area contributed by atoms with Crippen LogP contribution >= 0.6 is 11.6 Å². The van der Waals surface area contributed by atoms with E-state index in [1.807, 2.05) is 24.3 Å². The van der Waals surface area contributed by atoms with Gasteiger partial charge in [0.1, 0.15) is 5.69 Å². The van der Waals surface area contributed by atoms with Crippen molar-refractivity contribution >= 4 is 17.5 Å². The second-order valence-electron chi connectivity index (χ2n) is 5.94. The van der Waals surface area contributed by atoms with Gasteiger partial charge in [0.2, 0.25) is 5.91 Å². The third-order valence-electron chi connectivity index (χ3n) is 4.37. The van der Waals surface area contributed by atoms with Gasteiger partial charge in [0, 0.05) is 5.02 Å². The minimum absolute atomic E-state index is 0.105. The molecule has 0 radical (unpaired) electrons. The van der Waals surface area contributed by atoms with Gasteiger partial charge < -0.3 is 5.32 Å². The van der Waals surface area contributed by atoms with Crippen molar-refractivity contribution in [3.8, 4) is 0 Å². The van der Waals surface area contributed by atoms with Gasteiger partial charge in [0.25, 0.3) is 0 Å². The topological polar surface area (TPSA) is 70.7 Å². The van der Waals surface area contributed by atoms with Gasteiger partial charge in [-0.15, -0.1) is 0 Å². The molecule has 22 heavy (non-hydrogen) atoms. The molecular formula is C16H19ClN4O. The Hall–Kier alpha value is -1.88. The Morgan fingerprint density at radius 1 is 1.36 bits per heavy atom. The van der Waals surface area contributed by atoms with E-state index in [0.717, 1.165) is 43.4 Å². The molecule has 1 amide bonds. The monoisotopic (exact) mass is 318 g/mol. The molecule has 1 aliphatic carbocycles. The van der Waals surface area contributed by atoms with Crippen molar-refractivity contribution in [2.75, 3.05) is 0 Å². The fourth-order valence-corrected chi connectivity index (χ4v) is 3.46. The number of hydrogen-bond acceptors (Lipinski definition) is 3. The van der Waals surface area contributed by atoms with Gasteiger partial charge in [-0.25, -0.2) is 0 Å². The molecule has 2 aromatic rings. The minimum Gasteiger partial charge on any atom is -0.350 e. The van der Waals surface area contributed by atoms with Gasteiger partial charge in [-0.3, -0.25) is 4.79 Å². The molecule has 1 aliphatic rings. The number of aromatic nitrogens is 3. The smallest absolute Gasteiger partial charge is 0.226 e. The van der Waals surface area contributed by atoms with Crippen LogP contribution in [0.5, 0.6) is 0 Å². The lowest BCUT2D eigenvalue weighted by atomic mass is 9.79. The molecule has 116 valence electrons. The number of nitrogens with one attached hydrogen (secondary N) is 2. The molecule has 3 rings (SSSR count). The van der Waals surface area contributed by atoms with Crippen LogP contribution in [0.15, 0.2) is 30.5 Å². The highest BCUT2D eigenvalue weighted by Crippen LogP contribution is 2.41. The van der Waals surface area contributed by atoms with Crippen LogP contribution in [0.1, 0.15) is 36.9 Å². The summed E-state index contributed by atoms with van der Waals surface area (Å²) in [5, 5.41) is 14.0. The zero-order chi connectivity index (χ0) is 15.4. The van der Waals surface area contributed by atoms with Crippen LogP contribution in [-0.4, -0.2) is 21.3 Å². The van der Waals surface area contributed by atoms with Crippen molar-refractivity contribution in [3.05, 3.63) is 46.7 Å². The molecule has 0 saturated heterocycles. The van der Waals surface area contributed by atoms with Gasteiger partial charge >= 0.3 is 0 Å². The highest BCUT2D eigenvalue weighted by atomic mass is 35.5. The van der Waals surface area contributed by atoms with E-state index in [1.54, 1.807) is 6.20 Å². The van der Waals surface area contributed by atoms with Crippen LogP contribution in [0.2, 0.25) is 5.02 Å². The lowest BCUT2D eigenvalue weighted by Gasteiger charge is -2.27. The van der Waals surface area contributed by atoms with Crippen LogP contribution in [0.25, 0.3) is 0 Å². The molecule has 1 saturated carbocycles. The third kappa shape index (κ3) is 3.30. The number of benzene rings is 1. The first-order chi connectivity index (χ1) is 10.7. The van der Waals surface area contributed by atoms with Gasteiger partial charge in [-0.05, 0) is 37.0 Å². The zero-order valence-corrected chi connectivity index (χ0v) is 13.1. The van der Waals surface area contributed by atoms with Crippen molar-refractivity contribution in [1.29, 1.82) is 0 Å². The molecular weight excluding hydrogens is 300 g/mol. The fourth-order valence-electron chi connectivity index (χ4n) is 3.24. The van der Waals surface area contributed by atoms with E-state index in [1.165, 1.54) is 0 Å². The van der Waals surface area contributed by atoms with Gasteiger partial charge in [-0.1, -0.05) is 36.6 Å². The van der Waals surface area contributed by atoms with E-state index in [2.05, 4.69) is 20.7 Å². The van der Waals surface area contributed by atoms with Gasteiger partial charge in [-0.2, -0.15) is 15.4 Å². The third-order valence-corrected chi connectivity index (χ3v) is 4.60. The summed E-state index contributed by atoms with van der Waals surface area (Å²) in [7, 11) is 0. The van der Waals surface area contributed by atoms with Crippen LogP contribution in [0, 0.1) is 5.41 Å². The fraction of sp³-hybridized carbons (Fsp3) is 0.438. The van der Waals surface area contributed by atoms with E-state index in [4.69, 9.17) is 11.6 Å². The number of H-pyrrole nitrogens is 1. The van der Waals surface area contributed by atoms with Gasteiger partial charge in [0.15, 0.2) is 0 Å². The Balaban J connectivity index is 1.71. The molecule has 0 atom stereocenters. The first-order valence-corrected chi connectivity index (χ1v) is 7.93. The maximum Gasteiger partial charge on any atom is 0.226 e. The van der Waals surface area contributed by atoms with Crippen molar-refractivity contribution in [2.24, 2.45) is 5.41 Å². The number of aromatic amines is 1. The lowest BCUT2D eigenvalue weighted by Crippen LogP contribution is -2.40. The molecule has 5 nitrogen and oxygen atoms in total. The molecule has 0 unspecified atom stereocenters. The number of carbonyl (C=O) groups is 1. The molecule has 0 bridgehead atoms. The number of amides is 1. The SMILES string of the molecule is O=C(NCc1cn[nH]n1)C1(Cc2cccc(Cl)c2)CCCC1. The minimum atomic E-state index is -0.325. The van der Waals surface area contributed by atoms with Crippen LogP contribution in [0.3, 0.4) is 0 Å². The van der Waals surface area contributed by atoms with E-state index >= 15 is 0 Å². The number of carbonyl (C=O) groups excluding carboxylic acids is 1. The lowest BCUT2D eigenvalue weighted by molar-refractivity contribution is -0.131. The molecule has 1 aromatic heterocycles. The van der Waals surface area contributed by atoms with Crippen molar-refractivity contribution < 1.29 is 4.79 Å². The van der Waals surface area contributed by atoms with Crippen molar-refractivity contribution in [3.63, 3.8) is 0 Å².